The Bertz CT molecular complexity index is 851. The molecule has 2 rings (SSSR count). The number of rotatable bonds is 9. The molecule has 30 heavy (non-hydrogen) atoms. The molecule has 0 radical (unpaired) electrons. The van der Waals surface area contributed by atoms with Crippen molar-refractivity contribution >= 4 is 35.0 Å². The lowest BCUT2D eigenvalue weighted by Crippen LogP contribution is -2.50. The highest BCUT2D eigenvalue weighted by Gasteiger charge is 2.28. The molecule has 0 aliphatic carbocycles. The van der Waals surface area contributed by atoms with Gasteiger partial charge in [-0.15, -0.1) is 0 Å². The summed E-state index contributed by atoms with van der Waals surface area (Å²) in [6.07, 6.45) is 0.946. The van der Waals surface area contributed by atoms with Crippen molar-refractivity contribution in [3.05, 3.63) is 63.6 Å². The molecule has 0 saturated heterocycles. The molecule has 162 valence electrons. The largest absolute Gasteiger partial charge is 0.497 e. The summed E-state index contributed by atoms with van der Waals surface area (Å²) in [5.74, 6) is 0.311. The van der Waals surface area contributed by atoms with Crippen molar-refractivity contribution in [3.8, 4) is 5.75 Å². The number of hydrogen-bond donors (Lipinski definition) is 1. The average molecular weight is 451 g/mol. The Kier molecular flexibility index (Phi) is 9.00. The maximum absolute atomic E-state index is 13.2. The predicted molar refractivity (Wildman–Crippen MR) is 121 cm³/mol. The smallest absolute Gasteiger partial charge is 0.242 e. The van der Waals surface area contributed by atoms with E-state index in [-0.39, 0.29) is 30.8 Å². The lowest BCUT2D eigenvalue weighted by Gasteiger charge is -2.30. The molecule has 0 aliphatic rings. The van der Waals surface area contributed by atoms with Crippen LogP contribution in [-0.2, 0) is 22.6 Å². The van der Waals surface area contributed by atoms with Gasteiger partial charge in [0.1, 0.15) is 11.8 Å². The Balaban J connectivity index is 2.28. The van der Waals surface area contributed by atoms with E-state index in [1.807, 2.05) is 26.0 Å². The number of methoxy groups -OCH3 is 1. The Morgan fingerprint density at radius 2 is 1.67 bits per heavy atom. The van der Waals surface area contributed by atoms with Crippen molar-refractivity contribution in [1.29, 1.82) is 0 Å². The Hall–Kier alpha value is -2.24. The third-order valence-corrected chi connectivity index (χ3v) is 5.78. The Morgan fingerprint density at radius 3 is 2.20 bits per heavy atom. The molecule has 0 unspecified atom stereocenters. The van der Waals surface area contributed by atoms with E-state index < -0.39 is 6.04 Å². The van der Waals surface area contributed by atoms with Crippen LogP contribution < -0.4 is 10.1 Å². The van der Waals surface area contributed by atoms with Gasteiger partial charge in [0.25, 0.3) is 0 Å². The quantitative estimate of drug-likeness (QED) is 0.592. The van der Waals surface area contributed by atoms with Gasteiger partial charge < -0.3 is 15.0 Å². The number of hydrogen-bond acceptors (Lipinski definition) is 3. The minimum atomic E-state index is -0.683. The number of nitrogens with one attached hydrogen (secondary N) is 1. The molecule has 5 nitrogen and oxygen atoms in total. The van der Waals surface area contributed by atoms with Gasteiger partial charge in [0.2, 0.25) is 11.8 Å². The lowest BCUT2D eigenvalue weighted by atomic mass is 10.1. The summed E-state index contributed by atoms with van der Waals surface area (Å²) in [4.78, 5) is 27.5. The zero-order valence-electron chi connectivity index (χ0n) is 17.7. The Labute approximate surface area is 188 Å². The van der Waals surface area contributed by atoms with E-state index in [4.69, 9.17) is 27.9 Å². The number of halogens is 2. The molecule has 0 aliphatic heterocycles. The minimum absolute atomic E-state index is 0.0161. The van der Waals surface area contributed by atoms with Crippen LogP contribution in [0.3, 0.4) is 0 Å². The molecule has 2 atom stereocenters. The second-order valence-electron chi connectivity index (χ2n) is 7.24. The van der Waals surface area contributed by atoms with Crippen molar-refractivity contribution in [3.63, 3.8) is 0 Å². The zero-order chi connectivity index (χ0) is 22.3. The van der Waals surface area contributed by atoms with Crippen LogP contribution in [0.25, 0.3) is 0 Å². The van der Waals surface area contributed by atoms with E-state index in [2.05, 4.69) is 5.32 Å². The van der Waals surface area contributed by atoms with Crippen molar-refractivity contribution in [2.75, 3.05) is 7.11 Å². The van der Waals surface area contributed by atoms with E-state index >= 15 is 0 Å². The first-order valence-corrected chi connectivity index (χ1v) is 10.7. The topological polar surface area (TPSA) is 58.6 Å². The molecule has 1 N–H and O–H groups in total. The zero-order valence-corrected chi connectivity index (χ0v) is 19.3. The first kappa shape index (κ1) is 24.0. The van der Waals surface area contributed by atoms with E-state index in [1.54, 1.807) is 44.4 Å². The summed E-state index contributed by atoms with van der Waals surface area (Å²) in [5, 5.41) is 3.86. The highest BCUT2D eigenvalue weighted by atomic mass is 35.5. The van der Waals surface area contributed by atoms with Gasteiger partial charge in [0, 0.05) is 28.2 Å². The van der Waals surface area contributed by atoms with Gasteiger partial charge >= 0.3 is 0 Å². The van der Waals surface area contributed by atoms with Crippen LogP contribution in [-0.4, -0.2) is 35.9 Å². The minimum Gasteiger partial charge on any atom is -0.497 e. The molecule has 7 heteroatoms. The van der Waals surface area contributed by atoms with Crippen LogP contribution in [0.1, 0.15) is 38.3 Å². The fraction of sp³-hybridized carbons (Fsp3) is 0.391. The van der Waals surface area contributed by atoms with E-state index in [0.717, 1.165) is 12.0 Å². The van der Waals surface area contributed by atoms with Crippen molar-refractivity contribution < 1.29 is 14.3 Å². The highest BCUT2D eigenvalue weighted by molar-refractivity contribution is 6.36. The summed E-state index contributed by atoms with van der Waals surface area (Å²) >= 11 is 12.7. The summed E-state index contributed by atoms with van der Waals surface area (Å²) in [6, 6.07) is 11.8. The maximum Gasteiger partial charge on any atom is 0.242 e. The molecule has 2 aromatic carbocycles. The normalized spacial score (nSPS) is 12.7. The predicted octanol–water partition coefficient (Wildman–Crippen LogP) is 4.88. The molecule has 2 aromatic rings. The van der Waals surface area contributed by atoms with Gasteiger partial charge in [0.15, 0.2) is 0 Å². The van der Waals surface area contributed by atoms with Gasteiger partial charge in [-0.2, -0.15) is 0 Å². The number of carbonyl (C=O) groups excluding carboxylic acids is 2. The lowest BCUT2D eigenvalue weighted by molar-refractivity contribution is -0.140. The van der Waals surface area contributed by atoms with Crippen LogP contribution in [0, 0.1) is 0 Å². The average Bonchev–Trinajstić information content (AvgIpc) is 2.73. The molecule has 0 fully saturated rings. The Morgan fingerprint density at radius 1 is 1.07 bits per heavy atom. The summed E-state index contributed by atoms with van der Waals surface area (Å²) in [6.45, 7) is 5.78. The van der Waals surface area contributed by atoms with Gasteiger partial charge in [-0.25, -0.2) is 0 Å². The third-order valence-electron chi connectivity index (χ3n) is 5.07. The summed E-state index contributed by atoms with van der Waals surface area (Å²) in [5.41, 5.74) is 1.44. The second-order valence-corrected chi connectivity index (χ2v) is 8.05. The summed E-state index contributed by atoms with van der Waals surface area (Å²) < 4.78 is 5.17. The van der Waals surface area contributed by atoms with Crippen molar-refractivity contribution in [2.45, 2.75) is 52.2 Å². The molecule has 0 bridgehead atoms. The molecule has 0 spiro atoms. The van der Waals surface area contributed by atoms with Crippen molar-refractivity contribution in [2.24, 2.45) is 0 Å². The number of benzene rings is 2. The van der Waals surface area contributed by atoms with Crippen LogP contribution in [0.15, 0.2) is 42.5 Å². The van der Waals surface area contributed by atoms with Crippen LogP contribution in [0.5, 0.6) is 5.75 Å². The van der Waals surface area contributed by atoms with Crippen molar-refractivity contribution in [1.82, 2.24) is 10.2 Å². The molecule has 0 heterocycles. The number of carbonyl (C=O) groups is 2. The van der Waals surface area contributed by atoms with Crippen LogP contribution in [0.4, 0.5) is 0 Å². The standard InChI is InChI=1S/C23H28Cl2N2O3/c1-5-15(2)26-23(29)16(3)27(14-19-20(24)7-6-8-21(19)25)22(28)13-17-9-11-18(30-4)12-10-17/h6-12,15-16H,5,13-14H2,1-4H3,(H,26,29)/t15-,16+/m0/s1. The van der Waals surface area contributed by atoms with Gasteiger partial charge in [-0.1, -0.05) is 48.3 Å². The fourth-order valence-electron chi connectivity index (χ4n) is 2.92. The van der Waals surface area contributed by atoms with E-state index in [0.29, 0.717) is 21.4 Å². The van der Waals surface area contributed by atoms with Gasteiger partial charge in [-0.05, 0) is 50.1 Å². The van der Waals surface area contributed by atoms with Gasteiger partial charge in [0.05, 0.1) is 13.5 Å². The monoisotopic (exact) mass is 450 g/mol. The molecular weight excluding hydrogens is 423 g/mol. The van der Waals surface area contributed by atoms with Gasteiger partial charge in [-0.3, -0.25) is 9.59 Å². The fourth-order valence-corrected chi connectivity index (χ4v) is 3.44. The molecule has 2 amide bonds. The SMILES string of the molecule is CC[C@H](C)NC(=O)[C@@H](C)N(Cc1c(Cl)cccc1Cl)C(=O)Cc1ccc(OC)cc1. The second kappa shape index (κ2) is 11.2. The van der Waals surface area contributed by atoms with Crippen LogP contribution in [0.2, 0.25) is 10.0 Å². The molecule has 0 saturated carbocycles. The number of ether oxygens (including phenoxy) is 1. The first-order valence-electron chi connectivity index (χ1n) is 9.92. The van der Waals surface area contributed by atoms with E-state index in [1.165, 1.54) is 4.90 Å². The molecule has 0 aromatic heterocycles. The molecular formula is C23H28Cl2N2O3. The third kappa shape index (κ3) is 6.38. The maximum atomic E-state index is 13.2. The van der Waals surface area contributed by atoms with Crippen LogP contribution >= 0.6 is 23.2 Å². The number of nitrogens with zero attached hydrogens (tertiary/aromatic N) is 1. The highest BCUT2D eigenvalue weighted by Crippen LogP contribution is 2.27. The first-order chi connectivity index (χ1) is 14.3. The summed E-state index contributed by atoms with van der Waals surface area (Å²) in [7, 11) is 1.59. The number of amides is 2. The van der Waals surface area contributed by atoms with E-state index in [9.17, 15) is 9.59 Å².